The molecule has 0 heterocycles. The van der Waals surface area contributed by atoms with E-state index in [-0.39, 0.29) is 24.0 Å². The molecule has 0 aliphatic heterocycles. The van der Waals surface area contributed by atoms with Crippen molar-refractivity contribution in [3.05, 3.63) is 89.5 Å². The first-order valence-electron chi connectivity index (χ1n) is 11.0. The fourth-order valence-corrected chi connectivity index (χ4v) is 3.42. The molecule has 0 aromatic heterocycles. The third-order valence-electron chi connectivity index (χ3n) is 5.10. The van der Waals surface area contributed by atoms with Crippen molar-refractivity contribution in [2.75, 3.05) is 0 Å². The molecule has 0 aliphatic carbocycles. The number of aromatic carboxylic acids is 1. The van der Waals surface area contributed by atoms with Crippen LogP contribution in [0.25, 0.3) is 11.1 Å². The van der Waals surface area contributed by atoms with Crippen LogP contribution < -0.4 is 10.2 Å². The summed E-state index contributed by atoms with van der Waals surface area (Å²) >= 11 is 0. The minimum atomic E-state index is -0.947. The van der Waals surface area contributed by atoms with E-state index >= 15 is 0 Å². The maximum absolute atomic E-state index is 12.0. The Bertz CT molecular complexity index is 1140. The smallest absolute Gasteiger partial charge is 0.335 e. The minimum Gasteiger partial charge on any atom is -0.478 e. The number of unbranched alkanes of at least 4 members (excludes halogenated alkanes) is 1. The molecule has 0 spiro atoms. The van der Waals surface area contributed by atoms with Gasteiger partial charge in [0, 0.05) is 13.3 Å². The molecule has 0 bridgehead atoms. The predicted molar refractivity (Wildman–Crippen MR) is 127 cm³/mol. The van der Waals surface area contributed by atoms with Crippen molar-refractivity contribution in [3.63, 3.8) is 0 Å². The third-order valence-corrected chi connectivity index (χ3v) is 5.10. The number of esters is 1. The van der Waals surface area contributed by atoms with Gasteiger partial charge in [-0.3, -0.25) is 14.4 Å². The molecular weight excluding hydrogens is 434 g/mol. The lowest BCUT2D eigenvalue weighted by molar-refractivity contribution is -0.135. The quantitative estimate of drug-likeness (QED) is 0.182. The number of carbonyl (C=O) groups excluding carboxylic acids is 2. The van der Waals surface area contributed by atoms with Gasteiger partial charge in [0.15, 0.2) is 0 Å². The molecule has 0 unspecified atom stereocenters. The molecule has 3 aromatic carbocycles. The van der Waals surface area contributed by atoms with Crippen molar-refractivity contribution < 1.29 is 29.1 Å². The molecule has 3 aromatic rings. The first kappa shape index (κ1) is 24.7. The van der Waals surface area contributed by atoms with Crippen LogP contribution in [0.1, 0.15) is 47.7 Å². The van der Waals surface area contributed by atoms with Crippen molar-refractivity contribution in [1.82, 2.24) is 5.48 Å². The van der Waals surface area contributed by atoms with Crippen LogP contribution in [0.2, 0.25) is 0 Å². The number of rotatable bonds is 11. The number of hydrogen-bond donors (Lipinski definition) is 2. The number of carboxylic acid groups (broad SMARTS) is 1. The fourth-order valence-electron chi connectivity index (χ4n) is 3.42. The molecule has 0 radical (unpaired) electrons. The van der Waals surface area contributed by atoms with Gasteiger partial charge in [0.2, 0.25) is 5.91 Å². The minimum absolute atomic E-state index is 0.184. The summed E-state index contributed by atoms with van der Waals surface area (Å²) in [5.41, 5.74) is 6.50. The number of nitrogens with one attached hydrogen (secondary N) is 1. The standard InChI is InChI=1S/C27H27NO6/c1-19(29)34-25-14-12-21(13-15-25)18-33-28-26(30)11-3-2-6-20-7-4-8-22(16-20)23-9-5-10-24(17-23)27(31)32/h4-5,7-10,12-17H,2-3,6,11,18H2,1H3,(H,28,30)(H,31,32). The molecule has 0 aliphatic rings. The van der Waals surface area contributed by atoms with E-state index in [0.29, 0.717) is 18.6 Å². The molecule has 0 saturated carbocycles. The number of aryl methyl sites for hydroxylation is 1. The molecule has 3 rings (SSSR count). The number of amides is 1. The van der Waals surface area contributed by atoms with E-state index in [4.69, 9.17) is 9.57 Å². The molecule has 0 atom stereocenters. The van der Waals surface area contributed by atoms with E-state index in [9.17, 15) is 19.5 Å². The van der Waals surface area contributed by atoms with Gasteiger partial charge < -0.3 is 9.84 Å². The Balaban J connectivity index is 1.38. The highest BCUT2D eigenvalue weighted by Gasteiger charge is 2.07. The zero-order chi connectivity index (χ0) is 24.3. The van der Waals surface area contributed by atoms with Gasteiger partial charge in [-0.1, -0.05) is 48.5 Å². The number of carbonyl (C=O) groups is 3. The SMILES string of the molecule is CC(=O)Oc1ccc(CONC(=O)CCCCc2cccc(-c3cccc(C(=O)O)c3)c2)cc1. The van der Waals surface area contributed by atoms with Crippen molar-refractivity contribution in [2.45, 2.75) is 39.2 Å². The Hall–Kier alpha value is -3.97. The van der Waals surface area contributed by atoms with Crippen molar-refractivity contribution in [3.8, 4) is 16.9 Å². The van der Waals surface area contributed by atoms with E-state index in [1.165, 1.54) is 6.92 Å². The Morgan fingerprint density at radius 1 is 0.853 bits per heavy atom. The second kappa shape index (κ2) is 12.3. The van der Waals surface area contributed by atoms with Gasteiger partial charge in [-0.05, 0) is 65.8 Å². The lowest BCUT2D eigenvalue weighted by atomic mass is 9.99. The second-order valence-electron chi connectivity index (χ2n) is 7.84. The number of ether oxygens (including phenoxy) is 1. The van der Waals surface area contributed by atoms with Gasteiger partial charge in [0.25, 0.3) is 0 Å². The van der Waals surface area contributed by atoms with Gasteiger partial charge in [0.05, 0.1) is 12.2 Å². The van der Waals surface area contributed by atoms with Crippen LogP contribution in [-0.2, 0) is 27.5 Å². The molecular formula is C27H27NO6. The second-order valence-corrected chi connectivity index (χ2v) is 7.84. The van der Waals surface area contributed by atoms with Crippen LogP contribution in [-0.4, -0.2) is 23.0 Å². The van der Waals surface area contributed by atoms with E-state index in [0.717, 1.165) is 35.1 Å². The van der Waals surface area contributed by atoms with Crippen LogP contribution >= 0.6 is 0 Å². The first-order valence-corrected chi connectivity index (χ1v) is 11.0. The van der Waals surface area contributed by atoms with Crippen LogP contribution in [0.4, 0.5) is 0 Å². The Labute approximate surface area is 198 Å². The molecule has 7 nitrogen and oxygen atoms in total. The van der Waals surface area contributed by atoms with E-state index in [2.05, 4.69) is 11.5 Å². The summed E-state index contributed by atoms with van der Waals surface area (Å²) in [7, 11) is 0. The molecule has 176 valence electrons. The predicted octanol–water partition coefficient (Wildman–Crippen LogP) is 4.94. The van der Waals surface area contributed by atoms with Crippen molar-refractivity contribution in [1.29, 1.82) is 0 Å². The zero-order valence-corrected chi connectivity index (χ0v) is 19.0. The van der Waals surface area contributed by atoms with E-state index in [1.807, 2.05) is 24.3 Å². The Morgan fingerprint density at radius 3 is 2.26 bits per heavy atom. The lowest BCUT2D eigenvalue weighted by Crippen LogP contribution is -2.23. The average Bonchev–Trinajstić information content (AvgIpc) is 2.83. The molecule has 2 N–H and O–H groups in total. The zero-order valence-electron chi connectivity index (χ0n) is 19.0. The molecule has 0 saturated heterocycles. The van der Waals surface area contributed by atoms with Gasteiger partial charge in [0.1, 0.15) is 5.75 Å². The highest BCUT2D eigenvalue weighted by Crippen LogP contribution is 2.22. The summed E-state index contributed by atoms with van der Waals surface area (Å²) < 4.78 is 4.97. The number of hydrogen-bond acceptors (Lipinski definition) is 5. The molecule has 1 amide bonds. The highest BCUT2D eigenvalue weighted by atomic mass is 16.6. The number of benzene rings is 3. The average molecular weight is 462 g/mol. The van der Waals surface area contributed by atoms with Crippen molar-refractivity contribution in [2.24, 2.45) is 0 Å². The van der Waals surface area contributed by atoms with Gasteiger partial charge in [-0.2, -0.15) is 0 Å². The van der Waals surface area contributed by atoms with Crippen LogP contribution in [0.5, 0.6) is 5.75 Å². The Kier molecular flexibility index (Phi) is 8.94. The largest absolute Gasteiger partial charge is 0.478 e. The number of carboxylic acids is 1. The Morgan fingerprint density at radius 2 is 1.56 bits per heavy atom. The summed E-state index contributed by atoms with van der Waals surface area (Å²) in [6, 6.07) is 21.7. The fraction of sp³-hybridized carbons (Fsp3) is 0.222. The topological polar surface area (TPSA) is 102 Å². The summed E-state index contributed by atoms with van der Waals surface area (Å²) in [5, 5.41) is 9.19. The van der Waals surface area contributed by atoms with Crippen LogP contribution in [0.15, 0.2) is 72.8 Å². The van der Waals surface area contributed by atoms with Gasteiger partial charge in [-0.15, -0.1) is 0 Å². The van der Waals surface area contributed by atoms with Crippen LogP contribution in [0, 0.1) is 0 Å². The summed E-state index contributed by atoms with van der Waals surface area (Å²) in [6.45, 7) is 1.55. The van der Waals surface area contributed by atoms with Gasteiger partial charge >= 0.3 is 11.9 Å². The monoisotopic (exact) mass is 461 g/mol. The highest BCUT2D eigenvalue weighted by molar-refractivity contribution is 5.89. The number of hydroxylamine groups is 1. The molecule has 7 heteroatoms. The maximum atomic E-state index is 12.0. The normalized spacial score (nSPS) is 10.5. The molecule has 0 fully saturated rings. The first-order chi connectivity index (χ1) is 16.4. The summed E-state index contributed by atoms with van der Waals surface area (Å²) in [5.74, 6) is -1.05. The van der Waals surface area contributed by atoms with E-state index < -0.39 is 5.97 Å². The van der Waals surface area contributed by atoms with Crippen LogP contribution in [0.3, 0.4) is 0 Å². The third kappa shape index (κ3) is 7.86. The lowest BCUT2D eigenvalue weighted by Gasteiger charge is -2.08. The molecule has 34 heavy (non-hydrogen) atoms. The summed E-state index contributed by atoms with van der Waals surface area (Å²) in [4.78, 5) is 39.4. The van der Waals surface area contributed by atoms with Crippen molar-refractivity contribution >= 4 is 17.8 Å². The van der Waals surface area contributed by atoms with E-state index in [1.54, 1.807) is 42.5 Å². The maximum Gasteiger partial charge on any atom is 0.335 e. The van der Waals surface area contributed by atoms with Gasteiger partial charge in [-0.25, -0.2) is 10.3 Å². The summed E-state index contributed by atoms with van der Waals surface area (Å²) in [6.07, 6.45) is 2.72.